The molecule has 5 aliphatic heterocycles. The second kappa shape index (κ2) is 31.0. The zero-order valence-electron chi connectivity index (χ0n) is 52.6. The second-order valence-electron chi connectivity index (χ2n) is 23.8. The first-order chi connectivity index (χ1) is 43.6. The van der Waals surface area contributed by atoms with E-state index in [1.54, 1.807) is 61.4 Å². The lowest BCUT2D eigenvalue weighted by Crippen LogP contribution is -2.54. The highest BCUT2D eigenvalue weighted by Gasteiger charge is 2.47. The number of hydrogen-bond acceptors (Lipinski definition) is 16. The maximum absolute atomic E-state index is 14.3. The van der Waals surface area contributed by atoms with Crippen molar-refractivity contribution in [2.75, 3.05) is 63.8 Å². The van der Waals surface area contributed by atoms with Crippen LogP contribution in [0.25, 0.3) is 0 Å². The van der Waals surface area contributed by atoms with Gasteiger partial charge in [-0.05, 0) is 106 Å². The Hall–Kier alpha value is -9.26. The smallest absolute Gasteiger partial charge is 0.416 e. The molecule has 91 heavy (non-hydrogen) atoms. The molecular weight excluding hydrogens is 1170 g/mol. The molecule has 0 unspecified atom stereocenters. The van der Waals surface area contributed by atoms with E-state index in [1.165, 1.54) is 42.2 Å². The Labute approximate surface area is 529 Å². The highest BCUT2D eigenvalue weighted by atomic mass is 16.6. The fraction of sp³-hybridized carbons (Fsp3) is 0.485. The lowest BCUT2D eigenvalue weighted by atomic mass is 9.99. The molecule has 8 rings (SSSR count). The van der Waals surface area contributed by atoms with Crippen LogP contribution in [-0.2, 0) is 35.3 Å². The molecule has 488 valence electrons. The predicted octanol–water partition coefficient (Wildman–Crippen LogP) is 6.98. The average Bonchev–Trinajstić information content (AvgIpc) is 1.70. The van der Waals surface area contributed by atoms with Gasteiger partial charge in [0, 0.05) is 68.3 Å². The number of methoxy groups -OCH3 is 2. The van der Waals surface area contributed by atoms with Crippen LogP contribution in [0.4, 0.5) is 26.7 Å². The van der Waals surface area contributed by atoms with Crippen LogP contribution in [0.3, 0.4) is 0 Å². The number of anilines is 2. The number of imide groups is 1. The van der Waals surface area contributed by atoms with Crippen molar-refractivity contribution in [2.45, 2.75) is 142 Å². The van der Waals surface area contributed by atoms with Crippen LogP contribution < -0.4 is 50.8 Å². The number of aliphatic hydroxyl groups is 1. The highest BCUT2D eigenvalue weighted by molar-refractivity contribution is 6.16. The third-order valence-electron chi connectivity index (χ3n) is 16.8. The van der Waals surface area contributed by atoms with Crippen LogP contribution >= 0.6 is 0 Å². The molecule has 25 heteroatoms. The molecule has 0 aromatic heterocycles. The van der Waals surface area contributed by atoms with Crippen LogP contribution in [0.5, 0.6) is 23.0 Å². The van der Waals surface area contributed by atoms with Gasteiger partial charge in [0.05, 0.1) is 62.0 Å². The third-order valence-corrected chi connectivity index (χ3v) is 16.8. The molecule has 5 heterocycles. The Morgan fingerprint density at radius 2 is 1.41 bits per heavy atom. The van der Waals surface area contributed by atoms with Crippen molar-refractivity contribution in [3.8, 4) is 23.0 Å². The minimum atomic E-state index is -1.56. The van der Waals surface area contributed by atoms with Crippen LogP contribution in [0, 0.1) is 11.8 Å². The standard InChI is InChI=1S/C66H84N10O15/c1-9-41(6)45-31-57(78)73(61(45)81)24-13-10-12-18-56(77)72-58(38(2)3)60(80)71-48(17-16-23-68-65(67)85)59(79)70-43-21-19-42(20-22-43)37-91-66(86)76-50-33-55(53(88-8)30-47(50)63(83)75-36-40(5)28-51(75)64(76)84)90-26-15-11-14-25-89-54-32-49-46(29-52(54)87-7)62(82)74-35-39(4)27-44(74)34-69-49/h19-22,29-34,38,41,44,48,51,58,64,84H,4-5,9-18,23-28,35-37H2,1-3,6-8H3,(H,70,79)(H,71,80)(H,72,77)(H3,67,68,85)/t41-,44-,48-,51-,58-,64-/m0/s1. The van der Waals surface area contributed by atoms with E-state index in [1.807, 2.05) is 13.8 Å². The second-order valence-corrected chi connectivity index (χ2v) is 23.8. The van der Waals surface area contributed by atoms with E-state index in [9.17, 15) is 48.3 Å². The Morgan fingerprint density at radius 1 is 0.758 bits per heavy atom. The van der Waals surface area contributed by atoms with Gasteiger partial charge in [-0.15, -0.1) is 0 Å². The van der Waals surface area contributed by atoms with Crippen molar-refractivity contribution < 1.29 is 71.9 Å². The first-order valence-corrected chi connectivity index (χ1v) is 31.0. The van der Waals surface area contributed by atoms with Crippen molar-refractivity contribution in [1.29, 1.82) is 0 Å². The number of carbonyl (C=O) groups excluding carboxylic acids is 9. The number of fused-ring (bicyclic) bond motifs is 4. The fourth-order valence-corrected chi connectivity index (χ4v) is 11.5. The lowest BCUT2D eigenvalue weighted by Gasteiger charge is -2.31. The van der Waals surface area contributed by atoms with E-state index >= 15 is 0 Å². The minimum absolute atomic E-state index is 0.0227. The summed E-state index contributed by atoms with van der Waals surface area (Å²) in [6.45, 7) is 16.7. The zero-order valence-corrected chi connectivity index (χ0v) is 52.6. The summed E-state index contributed by atoms with van der Waals surface area (Å²) in [5, 5.41) is 22.8. The number of aliphatic imine (C=N–C) groups is 1. The lowest BCUT2D eigenvalue weighted by molar-refractivity contribution is -0.137. The summed E-state index contributed by atoms with van der Waals surface area (Å²) >= 11 is 0. The molecule has 0 radical (unpaired) electrons. The third kappa shape index (κ3) is 16.6. The van der Waals surface area contributed by atoms with E-state index in [4.69, 9.17) is 29.4 Å². The topological polar surface area (TPSA) is 319 Å². The number of urea groups is 1. The molecular formula is C66H84N10O15. The quantitative estimate of drug-likeness (QED) is 0.0223. The van der Waals surface area contributed by atoms with E-state index in [-0.39, 0.29) is 123 Å². The summed E-state index contributed by atoms with van der Waals surface area (Å²) in [5.74, 6) is -1.88. The van der Waals surface area contributed by atoms with Gasteiger partial charge in [0.15, 0.2) is 29.2 Å². The number of rotatable bonds is 30. The van der Waals surface area contributed by atoms with Crippen molar-refractivity contribution in [2.24, 2.45) is 22.6 Å². The number of primary amides is 1. The van der Waals surface area contributed by atoms with Gasteiger partial charge >= 0.3 is 12.1 Å². The monoisotopic (exact) mass is 1260 g/mol. The molecule has 5 aliphatic rings. The largest absolute Gasteiger partial charge is 0.493 e. The maximum Gasteiger partial charge on any atom is 0.416 e. The molecule has 2 fully saturated rings. The summed E-state index contributed by atoms with van der Waals surface area (Å²) in [5.41, 5.74) is 9.29. The highest BCUT2D eigenvalue weighted by Crippen LogP contribution is 2.43. The number of nitrogens with zero attached hydrogens (tertiary/aromatic N) is 5. The van der Waals surface area contributed by atoms with E-state index in [2.05, 4.69) is 39.4 Å². The maximum atomic E-state index is 14.3. The first kappa shape index (κ1) is 67.7. The molecule has 0 saturated carbocycles. The Balaban J connectivity index is 0.854. The van der Waals surface area contributed by atoms with Gasteiger partial charge in [-0.2, -0.15) is 0 Å². The number of nitrogens with one attached hydrogen (secondary N) is 4. The normalized spacial score (nSPS) is 18.5. The van der Waals surface area contributed by atoms with Crippen molar-refractivity contribution in [3.63, 3.8) is 0 Å². The van der Waals surface area contributed by atoms with Crippen LogP contribution in [0.15, 0.2) is 89.5 Å². The van der Waals surface area contributed by atoms with E-state index in [0.717, 1.165) is 16.9 Å². The van der Waals surface area contributed by atoms with Gasteiger partial charge in [-0.1, -0.05) is 70.6 Å². The summed E-state index contributed by atoms with van der Waals surface area (Å²) in [7, 11) is 2.94. The number of hydrogen-bond donors (Lipinski definition) is 6. The Morgan fingerprint density at radius 3 is 2.08 bits per heavy atom. The number of ether oxygens (including phenoxy) is 5. The van der Waals surface area contributed by atoms with Crippen LogP contribution in [0.2, 0.25) is 0 Å². The number of unbranched alkanes of at least 4 members (excludes halogenated alkanes) is 4. The molecule has 10 amide bonds. The van der Waals surface area contributed by atoms with Gasteiger partial charge in [-0.3, -0.25) is 43.5 Å². The molecule has 0 aliphatic carbocycles. The summed E-state index contributed by atoms with van der Waals surface area (Å²) in [6, 6.07) is 8.80. The zero-order chi connectivity index (χ0) is 65.6. The Bertz CT molecular complexity index is 3350. The predicted molar refractivity (Wildman–Crippen MR) is 338 cm³/mol. The molecule has 7 N–H and O–H groups in total. The van der Waals surface area contributed by atoms with Crippen LogP contribution in [-0.4, -0.2) is 164 Å². The van der Waals surface area contributed by atoms with Gasteiger partial charge in [0.1, 0.15) is 18.7 Å². The molecule has 2 saturated heterocycles. The van der Waals surface area contributed by atoms with Crippen molar-refractivity contribution in [3.05, 3.63) is 101 Å². The molecule has 25 nitrogen and oxygen atoms in total. The summed E-state index contributed by atoms with van der Waals surface area (Å²) < 4.78 is 29.5. The van der Waals surface area contributed by atoms with Crippen molar-refractivity contribution in [1.82, 2.24) is 30.7 Å². The van der Waals surface area contributed by atoms with E-state index < -0.39 is 54.2 Å². The minimum Gasteiger partial charge on any atom is -0.493 e. The fourth-order valence-electron chi connectivity index (χ4n) is 11.5. The molecule has 0 spiro atoms. The number of carbonyl (C=O) groups is 9. The molecule has 3 aromatic rings. The molecule has 6 atom stereocenters. The number of benzene rings is 3. The van der Waals surface area contributed by atoms with E-state index in [0.29, 0.717) is 103 Å². The number of amides is 10. The summed E-state index contributed by atoms with van der Waals surface area (Å²) in [6.07, 6.45) is 6.08. The Kier molecular flexibility index (Phi) is 23.0. The summed E-state index contributed by atoms with van der Waals surface area (Å²) in [4.78, 5) is 130. The molecule has 3 aromatic carbocycles. The molecule has 0 bridgehead atoms. The van der Waals surface area contributed by atoms with Crippen LogP contribution in [0.1, 0.15) is 131 Å². The average molecular weight is 1260 g/mol. The number of nitrogens with two attached hydrogens (primary N) is 1. The SMILES string of the molecule is C=C1C[C@H]2C=Nc3cc(OCCCCCOc4cc5c(cc4OC)C(=O)N4CC(=C)C[C@H]4[C@H](O)N5C(=O)OCc4ccc(NC(=O)[C@H](CCCNC(N)=O)NC(=O)[C@@H](NC(=O)CCCCCN5C(=O)C=C([C@@H](C)CC)C5=O)C(C)C)cc4)c(OC)cc3C(=O)N2C1. The van der Waals surface area contributed by atoms with Gasteiger partial charge < -0.3 is 65.6 Å². The van der Waals surface area contributed by atoms with Gasteiger partial charge in [0.25, 0.3) is 23.6 Å². The number of aliphatic hydroxyl groups excluding tert-OH is 1. The van der Waals surface area contributed by atoms with Crippen molar-refractivity contribution >= 4 is 76.8 Å². The van der Waals surface area contributed by atoms with Gasteiger partial charge in [0.2, 0.25) is 17.7 Å². The van der Waals surface area contributed by atoms with Gasteiger partial charge in [-0.25, -0.2) is 14.5 Å². The first-order valence-electron chi connectivity index (χ1n) is 31.0.